The number of nitrogens with one attached hydrogen (secondary N) is 3. The molecule has 4 rings (SSSR count). The van der Waals surface area contributed by atoms with Crippen LogP contribution in [0.3, 0.4) is 0 Å². The quantitative estimate of drug-likeness (QED) is 0.452. The Labute approximate surface area is 146 Å². The summed E-state index contributed by atoms with van der Waals surface area (Å²) in [7, 11) is 0. The number of fused-ring (bicyclic) bond motifs is 1. The molecule has 7 nitrogen and oxygen atoms in total. The first-order chi connectivity index (χ1) is 12.1. The number of halogens is 1. The molecule has 0 amide bonds. The number of para-hydroxylation sites is 1. The predicted octanol–water partition coefficient (Wildman–Crippen LogP) is 3.29. The number of benzene rings is 2. The molecular formula is C17H13ClN6O. The lowest BCUT2D eigenvalue weighted by atomic mass is 10.1. The summed E-state index contributed by atoms with van der Waals surface area (Å²) in [5, 5.41) is 3.56. The van der Waals surface area contributed by atoms with Crippen LogP contribution in [0.5, 0.6) is 0 Å². The van der Waals surface area contributed by atoms with Crippen molar-refractivity contribution >= 4 is 40.2 Å². The molecule has 0 aliphatic heterocycles. The normalized spacial score (nSPS) is 10.9. The van der Waals surface area contributed by atoms with Gasteiger partial charge in [0.15, 0.2) is 5.95 Å². The number of hydrogen-bond donors (Lipinski definition) is 4. The first-order valence-electron chi connectivity index (χ1n) is 7.47. The number of aromatic nitrogens is 4. The van der Waals surface area contributed by atoms with Crippen LogP contribution in [0, 0.1) is 0 Å². The third-order valence-corrected chi connectivity index (χ3v) is 3.99. The van der Waals surface area contributed by atoms with E-state index in [2.05, 4.69) is 25.3 Å². The van der Waals surface area contributed by atoms with E-state index in [-0.39, 0.29) is 5.56 Å². The smallest absolute Gasteiger partial charge is 0.252 e. The minimum absolute atomic E-state index is 0.274. The highest BCUT2D eigenvalue weighted by Crippen LogP contribution is 2.25. The molecule has 25 heavy (non-hydrogen) atoms. The lowest BCUT2D eigenvalue weighted by molar-refractivity contribution is 1.13. The summed E-state index contributed by atoms with van der Waals surface area (Å²) >= 11 is 6.13. The van der Waals surface area contributed by atoms with E-state index in [4.69, 9.17) is 17.3 Å². The van der Waals surface area contributed by atoms with E-state index in [9.17, 15) is 4.79 Å². The summed E-state index contributed by atoms with van der Waals surface area (Å²) in [6.45, 7) is 0. The van der Waals surface area contributed by atoms with Crippen molar-refractivity contribution in [3.63, 3.8) is 0 Å². The van der Waals surface area contributed by atoms with Gasteiger partial charge in [-0.1, -0.05) is 29.8 Å². The maximum absolute atomic E-state index is 12.0. The van der Waals surface area contributed by atoms with Gasteiger partial charge >= 0.3 is 0 Å². The van der Waals surface area contributed by atoms with Crippen LogP contribution < -0.4 is 16.6 Å². The van der Waals surface area contributed by atoms with Gasteiger partial charge in [-0.05, 0) is 24.3 Å². The van der Waals surface area contributed by atoms with Crippen molar-refractivity contribution < 1.29 is 0 Å². The fraction of sp³-hybridized carbons (Fsp3) is 0. The average Bonchev–Trinajstić information content (AvgIpc) is 2.95. The molecule has 8 heteroatoms. The molecule has 2 heterocycles. The van der Waals surface area contributed by atoms with Crippen molar-refractivity contribution in [1.29, 1.82) is 0 Å². The topological polar surface area (TPSA) is 112 Å². The van der Waals surface area contributed by atoms with E-state index in [0.717, 1.165) is 16.6 Å². The average molecular weight is 353 g/mol. The first kappa shape index (κ1) is 15.2. The fourth-order valence-corrected chi connectivity index (χ4v) is 2.73. The monoisotopic (exact) mass is 352 g/mol. The Hall–Kier alpha value is -3.32. The maximum Gasteiger partial charge on any atom is 0.252 e. The van der Waals surface area contributed by atoms with Gasteiger partial charge in [-0.3, -0.25) is 9.78 Å². The third-order valence-electron chi connectivity index (χ3n) is 3.66. The molecule has 0 saturated carbocycles. The molecule has 0 aliphatic rings. The highest BCUT2D eigenvalue weighted by Gasteiger charge is 2.08. The Kier molecular flexibility index (Phi) is 3.62. The number of imidazole rings is 1. The van der Waals surface area contributed by atoms with Crippen LogP contribution in [-0.4, -0.2) is 19.9 Å². The van der Waals surface area contributed by atoms with Crippen molar-refractivity contribution in [3.05, 3.63) is 63.9 Å². The molecule has 0 bridgehead atoms. The van der Waals surface area contributed by atoms with Gasteiger partial charge in [0.25, 0.3) is 5.56 Å². The molecule has 0 unspecified atom stereocenters. The highest BCUT2D eigenvalue weighted by molar-refractivity contribution is 6.33. The van der Waals surface area contributed by atoms with E-state index in [0.29, 0.717) is 28.3 Å². The number of anilines is 3. The van der Waals surface area contributed by atoms with E-state index in [1.807, 2.05) is 30.3 Å². The van der Waals surface area contributed by atoms with Crippen LogP contribution in [-0.2, 0) is 0 Å². The van der Waals surface area contributed by atoms with Crippen LogP contribution in [0.2, 0.25) is 5.02 Å². The standard InChI is InChI=1S/C17H13ClN6O/c18-10-3-1-2-4-11(10)22-17-23-13(8-15(25)24-17)9-5-6-12-14(7-9)21-16(19)20-12/h1-8H,(H3,19,20,21)(H2,22,23,24,25). The molecule has 0 atom stereocenters. The summed E-state index contributed by atoms with van der Waals surface area (Å²) in [5.74, 6) is 0.645. The SMILES string of the molecule is Nc1nc2ccc(-c3cc(=O)[nH]c(Nc4ccccc4Cl)n3)cc2[nH]1. The number of aromatic amines is 2. The lowest BCUT2D eigenvalue weighted by Gasteiger charge is -2.08. The Bertz CT molecular complexity index is 1130. The largest absolute Gasteiger partial charge is 0.369 e. The molecule has 2 aromatic carbocycles. The minimum atomic E-state index is -0.274. The van der Waals surface area contributed by atoms with Gasteiger partial charge in [0, 0.05) is 11.6 Å². The lowest BCUT2D eigenvalue weighted by Crippen LogP contribution is -2.10. The van der Waals surface area contributed by atoms with Crippen LogP contribution in [0.15, 0.2) is 53.3 Å². The van der Waals surface area contributed by atoms with Crippen LogP contribution in [0.25, 0.3) is 22.3 Å². The van der Waals surface area contributed by atoms with Crippen molar-refractivity contribution in [1.82, 2.24) is 19.9 Å². The van der Waals surface area contributed by atoms with E-state index < -0.39 is 0 Å². The second-order valence-corrected chi connectivity index (χ2v) is 5.85. The van der Waals surface area contributed by atoms with E-state index >= 15 is 0 Å². The molecule has 4 aromatic rings. The second-order valence-electron chi connectivity index (χ2n) is 5.44. The van der Waals surface area contributed by atoms with Crippen molar-refractivity contribution in [2.75, 3.05) is 11.1 Å². The molecule has 5 N–H and O–H groups in total. The molecule has 0 radical (unpaired) electrons. The number of nitrogens with zero attached hydrogens (tertiary/aromatic N) is 2. The number of H-pyrrole nitrogens is 2. The van der Waals surface area contributed by atoms with Gasteiger partial charge in [0.1, 0.15) is 0 Å². The summed E-state index contributed by atoms with van der Waals surface area (Å²) < 4.78 is 0. The Morgan fingerprint density at radius 2 is 1.88 bits per heavy atom. The van der Waals surface area contributed by atoms with Gasteiger partial charge in [-0.15, -0.1) is 0 Å². The maximum atomic E-state index is 12.0. The number of rotatable bonds is 3. The van der Waals surface area contributed by atoms with Crippen molar-refractivity contribution in [3.8, 4) is 11.3 Å². The van der Waals surface area contributed by atoms with Crippen molar-refractivity contribution in [2.45, 2.75) is 0 Å². The Morgan fingerprint density at radius 1 is 1.04 bits per heavy atom. The number of hydrogen-bond acceptors (Lipinski definition) is 5. The summed E-state index contributed by atoms with van der Waals surface area (Å²) in [5.41, 5.74) is 8.86. The zero-order valence-electron chi connectivity index (χ0n) is 12.9. The van der Waals surface area contributed by atoms with Gasteiger partial charge in [-0.2, -0.15) is 0 Å². The number of nitrogen functional groups attached to an aromatic ring is 1. The van der Waals surface area contributed by atoms with Crippen LogP contribution >= 0.6 is 11.6 Å². The molecular weight excluding hydrogens is 340 g/mol. The molecule has 0 saturated heterocycles. The molecule has 0 fully saturated rings. The zero-order chi connectivity index (χ0) is 17.4. The third kappa shape index (κ3) is 3.05. The van der Waals surface area contributed by atoms with E-state index in [1.165, 1.54) is 6.07 Å². The molecule has 124 valence electrons. The predicted molar refractivity (Wildman–Crippen MR) is 99.1 cm³/mol. The highest BCUT2D eigenvalue weighted by atomic mass is 35.5. The first-order valence-corrected chi connectivity index (χ1v) is 7.85. The van der Waals surface area contributed by atoms with E-state index in [1.54, 1.807) is 12.1 Å². The number of nitrogens with two attached hydrogens (primary N) is 1. The Balaban J connectivity index is 1.75. The van der Waals surface area contributed by atoms with Gasteiger partial charge in [-0.25, -0.2) is 9.97 Å². The van der Waals surface area contributed by atoms with Gasteiger partial charge in [0.2, 0.25) is 5.95 Å². The molecule has 2 aromatic heterocycles. The Morgan fingerprint density at radius 3 is 2.72 bits per heavy atom. The van der Waals surface area contributed by atoms with Crippen LogP contribution in [0.1, 0.15) is 0 Å². The van der Waals surface area contributed by atoms with Crippen LogP contribution in [0.4, 0.5) is 17.6 Å². The summed E-state index contributed by atoms with van der Waals surface area (Å²) in [6, 6.07) is 14.2. The summed E-state index contributed by atoms with van der Waals surface area (Å²) in [6.07, 6.45) is 0. The second kappa shape index (κ2) is 5.95. The minimum Gasteiger partial charge on any atom is -0.369 e. The zero-order valence-corrected chi connectivity index (χ0v) is 13.6. The van der Waals surface area contributed by atoms with Gasteiger partial charge < -0.3 is 16.0 Å². The summed E-state index contributed by atoms with van der Waals surface area (Å²) in [4.78, 5) is 26.3. The van der Waals surface area contributed by atoms with Gasteiger partial charge in [0.05, 0.1) is 27.4 Å². The fourth-order valence-electron chi connectivity index (χ4n) is 2.54. The molecule has 0 aliphatic carbocycles. The van der Waals surface area contributed by atoms with Crippen molar-refractivity contribution in [2.24, 2.45) is 0 Å². The molecule has 0 spiro atoms.